The van der Waals surface area contributed by atoms with Crippen molar-refractivity contribution in [2.45, 2.75) is 26.3 Å². The number of carboxylic acid groups (broad SMARTS) is 1. The van der Waals surface area contributed by atoms with E-state index in [1.807, 2.05) is 6.92 Å². The van der Waals surface area contributed by atoms with Crippen LogP contribution in [0.5, 0.6) is 0 Å². The van der Waals surface area contributed by atoms with Crippen molar-refractivity contribution < 1.29 is 14.7 Å². The Labute approximate surface area is 89.4 Å². The fraction of sp³-hybridized carbons (Fsp3) is 0.800. The molecule has 1 saturated heterocycles. The summed E-state index contributed by atoms with van der Waals surface area (Å²) in [6.07, 6.45) is 0.455. The number of nitrogens with zero attached hydrogens (tertiary/aromatic N) is 1. The maximum Gasteiger partial charge on any atom is 0.307 e. The first-order valence-electron chi connectivity index (χ1n) is 5.24. The summed E-state index contributed by atoms with van der Waals surface area (Å²) in [4.78, 5) is 23.9. The molecule has 0 saturated carbocycles. The molecule has 5 heteroatoms. The molecule has 1 aliphatic rings. The SMILES string of the molecule is CC(CN1CCC(=O)NCC1C)C(=O)O. The average Bonchev–Trinajstić information content (AvgIpc) is 2.32. The Morgan fingerprint density at radius 1 is 1.73 bits per heavy atom. The fourth-order valence-corrected chi connectivity index (χ4v) is 1.65. The van der Waals surface area contributed by atoms with Crippen molar-refractivity contribution in [1.29, 1.82) is 0 Å². The fourth-order valence-electron chi connectivity index (χ4n) is 1.65. The van der Waals surface area contributed by atoms with Crippen LogP contribution in [-0.2, 0) is 9.59 Å². The number of carbonyl (C=O) groups is 2. The molecule has 1 amide bonds. The first kappa shape index (κ1) is 12.0. The molecule has 0 aromatic carbocycles. The third kappa shape index (κ3) is 3.51. The molecule has 1 aliphatic heterocycles. The molecule has 15 heavy (non-hydrogen) atoms. The number of carbonyl (C=O) groups excluding carboxylic acids is 1. The van der Waals surface area contributed by atoms with Crippen LogP contribution < -0.4 is 5.32 Å². The molecule has 2 N–H and O–H groups in total. The summed E-state index contributed by atoms with van der Waals surface area (Å²) in [5.74, 6) is -1.13. The Balaban J connectivity index is 2.52. The van der Waals surface area contributed by atoms with Gasteiger partial charge in [-0.25, -0.2) is 0 Å². The third-order valence-electron chi connectivity index (χ3n) is 2.77. The summed E-state index contributed by atoms with van der Waals surface area (Å²) < 4.78 is 0. The summed E-state index contributed by atoms with van der Waals surface area (Å²) >= 11 is 0. The number of rotatable bonds is 3. The molecule has 0 spiro atoms. The van der Waals surface area contributed by atoms with Crippen molar-refractivity contribution in [2.24, 2.45) is 5.92 Å². The van der Waals surface area contributed by atoms with Gasteiger partial charge in [-0.2, -0.15) is 0 Å². The van der Waals surface area contributed by atoms with Gasteiger partial charge >= 0.3 is 5.97 Å². The highest BCUT2D eigenvalue weighted by Crippen LogP contribution is 2.08. The second-order valence-corrected chi connectivity index (χ2v) is 4.14. The summed E-state index contributed by atoms with van der Waals surface area (Å²) in [5, 5.41) is 11.6. The molecule has 86 valence electrons. The van der Waals surface area contributed by atoms with Gasteiger partial charge in [-0.3, -0.25) is 14.5 Å². The van der Waals surface area contributed by atoms with Crippen molar-refractivity contribution in [3.8, 4) is 0 Å². The minimum Gasteiger partial charge on any atom is -0.481 e. The minimum atomic E-state index is -0.786. The Morgan fingerprint density at radius 3 is 3.00 bits per heavy atom. The number of amides is 1. The van der Waals surface area contributed by atoms with E-state index < -0.39 is 5.97 Å². The molecule has 0 aromatic rings. The van der Waals surface area contributed by atoms with Crippen LogP contribution in [0.4, 0.5) is 0 Å². The Kier molecular flexibility index (Phi) is 4.08. The zero-order valence-corrected chi connectivity index (χ0v) is 9.19. The molecule has 1 fully saturated rings. The molecule has 2 unspecified atom stereocenters. The third-order valence-corrected chi connectivity index (χ3v) is 2.77. The van der Waals surface area contributed by atoms with E-state index in [2.05, 4.69) is 10.2 Å². The maximum absolute atomic E-state index is 11.1. The number of hydrogen-bond acceptors (Lipinski definition) is 3. The van der Waals surface area contributed by atoms with Gasteiger partial charge in [0.1, 0.15) is 0 Å². The van der Waals surface area contributed by atoms with E-state index in [1.54, 1.807) is 6.92 Å². The van der Waals surface area contributed by atoms with E-state index in [0.29, 0.717) is 26.1 Å². The molecular formula is C10H18N2O3. The van der Waals surface area contributed by atoms with Crippen LogP contribution in [0.2, 0.25) is 0 Å². The smallest absolute Gasteiger partial charge is 0.307 e. The van der Waals surface area contributed by atoms with Crippen LogP contribution in [0, 0.1) is 5.92 Å². The molecule has 0 aromatic heterocycles. The number of hydrogen-bond donors (Lipinski definition) is 2. The van der Waals surface area contributed by atoms with Gasteiger partial charge in [0.25, 0.3) is 0 Å². The van der Waals surface area contributed by atoms with Gasteiger partial charge in [-0.1, -0.05) is 6.92 Å². The molecule has 1 rings (SSSR count). The van der Waals surface area contributed by atoms with Crippen LogP contribution >= 0.6 is 0 Å². The topological polar surface area (TPSA) is 69.6 Å². The predicted molar refractivity (Wildman–Crippen MR) is 55.5 cm³/mol. The number of aliphatic carboxylic acids is 1. The van der Waals surface area contributed by atoms with E-state index in [0.717, 1.165) is 0 Å². The lowest BCUT2D eigenvalue weighted by molar-refractivity contribution is -0.141. The van der Waals surface area contributed by atoms with Crippen LogP contribution in [0.3, 0.4) is 0 Å². The second kappa shape index (κ2) is 5.11. The van der Waals surface area contributed by atoms with Gasteiger partial charge in [-0.15, -0.1) is 0 Å². The van der Waals surface area contributed by atoms with Crippen LogP contribution in [0.1, 0.15) is 20.3 Å². The zero-order chi connectivity index (χ0) is 11.4. The van der Waals surface area contributed by atoms with Gasteiger partial charge in [-0.05, 0) is 6.92 Å². The van der Waals surface area contributed by atoms with Crippen LogP contribution in [0.15, 0.2) is 0 Å². The van der Waals surface area contributed by atoms with Gasteiger partial charge in [0, 0.05) is 32.1 Å². The lowest BCUT2D eigenvalue weighted by atomic mass is 10.1. The molecule has 0 radical (unpaired) electrons. The minimum absolute atomic E-state index is 0.0485. The highest BCUT2D eigenvalue weighted by atomic mass is 16.4. The molecule has 0 aliphatic carbocycles. The Morgan fingerprint density at radius 2 is 2.40 bits per heavy atom. The molecular weight excluding hydrogens is 196 g/mol. The standard InChI is InChI=1S/C10H18N2O3/c1-7(10(14)15)6-12-4-3-9(13)11-5-8(12)2/h7-8H,3-6H2,1-2H3,(H,11,13)(H,14,15). The van der Waals surface area contributed by atoms with Crippen LogP contribution in [0.25, 0.3) is 0 Å². The van der Waals surface area contributed by atoms with Crippen molar-refractivity contribution in [3.63, 3.8) is 0 Å². The highest BCUT2D eigenvalue weighted by molar-refractivity contribution is 5.76. The quantitative estimate of drug-likeness (QED) is 0.689. The molecule has 1 heterocycles. The van der Waals surface area contributed by atoms with Crippen LogP contribution in [-0.4, -0.2) is 47.6 Å². The molecule has 0 bridgehead atoms. The summed E-state index contributed by atoms with van der Waals surface area (Å²) in [6, 6.07) is 0.207. The van der Waals surface area contributed by atoms with E-state index in [-0.39, 0.29) is 17.9 Å². The first-order chi connectivity index (χ1) is 7.00. The largest absolute Gasteiger partial charge is 0.481 e. The molecule has 5 nitrogen and oxygen atoms in total. The van der Waals surface area contributed by atoms with Crippen molar-refractivity contribution in [3.05, 3.63) is 0 Å². The Bertz CT molecular complexity index is 255. The molecule has 2 atom stereocenters. The predicted octanol–water partition coefficient (Wildman–Crippen LogP) is -0.0825. The average molecular weight is 214 g/mol. The second-order valence-electron chi connectivity index (χ2n) is 4.14. The number of carboxylic acids is 1. The number of nitrogens with one attached hydrogen (secondary N) is 1. The van der Waals surface area contributed by atoms with Crippen molar-refractivity contribution in [1.82, 2.24) is 10.2 Å². The highest BCUT2D eigenvalue weighted by Gasteiger charge is 2.23. The zero-order valence-electron chi connectivity index (χ0n) is 9.19. The van der Waals surface area contributed by atoms with E-state index >= 15 is 0 Å². The van der Waals surface area contributed by atoms with Gasteiger partial charge < -0.3 is 10.4 Å². The Hall–Kier alpha value is -1.10. The van der Waals surface area contributed by atoms with Crippen molar-refractivity contribution >= 4 is 11.9 Å². The van der Waals surface area contributed by atoms with E-state index in [9.17, 15) is 9.59 Å². The monoisotopic (exact) mass is 214 g/mol. The summed E-state index contributed by atoms with van der Waals surface area (Å²) in [7, 11) is 0. The summed E-state index contributed by atoms with van der Waals surface area (Å²) in [5.41, 5.74) is 0. The lowest BCUT2D eigenvalue weighted by Gasteiger charge is -2.27. The van der Waals surface area contributed by atoms with Gasteiger partial charge in [0.05, 0.1) is 5.92 Å². The van der Waals surface area contributed by atoms with E-state index in [4.69, 9.17) is 5.11 Å². The maximum atomic E-state index is 11.1. The van der Waals surface area contributed by atoms with Gasteiger partial charge in [0.15, 0.2) is 0 Å². The van der Waals surface area contributed by atoms with E-state index in [1.165, 1.54) is 0 Å². The van der Waals surface area contributed by atoms with Gasteiger partial charge in [0.2, 0.25) is 5.91 Å². The lowest BCUT2D eigenvalue weighted by Crippen LogP contribution is -2.41. The van der Waals surface area contributed by atoms with Crippen molar-refractivity contribution in [2.75, 3.05) is 19.6 Å². The first-order valence-corrected chi connectivity index (χ1v) is 5.24. The summed E-state index contributed by atoms with van der Waals surface area (Å²) in [6.45, 7) is 5.44. The normalized spacial score (nSPS) is 25.5.